The molecule has 1 rings (SSSR count). The fraction of sp³-hybridized carbons (Fsp3) is 0.867. The topological polar surface area (TPSA) is 60.9 Å². The fourth-order valence-electron chi connectivity index (χ4n) is 2.83. The van der Waals surface area contributed by atoms with Gasteiger partial charge < -0.3 is 14.9 Å². The minimum Gasteiger partial charge on any atom is -0.480 e. The molecule has 0 aromatic carbocycles. The minimum atomic E-state index is -0.973. The van der Waals surface area contributed by atoms with Crippen molar-refractivity contribution >= 4 is 12.0 Å². The first kappa shape index (κ1) is 16.8. The number of nitrogens with zero attached hydrogens (tertiary/aromatic N) is 2. The van der Waals surface area contributed by atoms with Gasteiger partial charge in [0.25, 0.3) is 0 Å². The van der Waals surface area contributed by atoms with E-state index < -0.39 is 11.5 Å². The van der Waals surface area contributed by atoms with Crippen molar-refractivity contribution in [2.45, 2.75) is 65.0 Å². The number of rotatable bonds is 3. The summed E-state index contributed by atoms with van der Waals surface area (Å²) in [6, 6.07) is 0.0453. The Morgan fingerprint density at radius 1 is 1.25 bits per heavy atom. The maximum Gasteiger partial charge on any atom is 0.323 e. The second-order valence-corrected chi connectivity index (χ2v) is 6.97. The zero-order valence-electron chi connectivity index (χ0n) is 13.3. The molecule has 0 aromatic rings. The van der Waals surface area contributed by atoms with Gasteiger partial charge in [-0.2, -0.15) is 0 Å². The molecule has 116 valence electrons. The summed E-state index contributed by atoms with van der Waals surface area (Å²) in [5.41, 5.74) is -0.496. The maximum atomic E-state index is 12.6. The summed E-state index contributed by atoms with van der Waals surface area (Å²) in [4.78, 5) is 26.8. The number of carboxylic acid groups (broad SMARTS) is 1. The van der Waals surface area contributed by atoms with Gasteiger partial charge in [-0.25, -0.2) is 4.79 Å². The molecule has 1 aliphatic rings. The second kappa shape index (κ2) is 6.46. The van der Waals surface area contributed by atoms with Gasteiger partial charge in [0.15, 0.2) is 0 Å². The highest BCUT2D eigenvalue weighted by Crippen LogP contribution is 2.28. The Morgan fingerprint density at radius 2 is 1.85 bits per heavy atom. The third kappa shape index (κ3) is 4.39. The number of carboxylic acids is 1. The van der Waals surface area contributed by atoms with E-state index in [1.165, 1.54) is 11.3 Å². The molecule has 2 unspecified atom stereocenters. The normalized spacial score (nSPS) is 23.2. The highest BCUT2D eigenvalue weighted by Gasteiger charge is 2.34. The number of hydrogen-bond acceptors (Lipinski definition) is 2. The van der Waals surface area contributed by atoms with Gasteiger partial charge in [0.2, 0.25) is 0 Å². The van der Waals surface area contributed by atoms with E-state index in [2.05, 4.69) is 6.92 Å². The standard InChI is InChI=1S/C15H28N2O3/c1-11-7-6-8-12(9-11)16(5)14(20)17(10-13(18)19)15(2,3)4/h11-12H,6-10H2,1-5H3,(H,18,19). The van der Waals surface area contributed by atoms with Crippen molar-refractivity contribution in [1.82, 2.24) is 9.80 Å². The van der Waals surface area contributed by atoms with Gasteiger partial charge in [0.05, 0.1) is 0 Å². The van der Waals surface area contributed by atoms with E-state index in [0.29, 0.717) is 5.92 Å². The van der Waals surface area contributed by atoms with Crippen LogP contribution >= 0.6 is 0 Å². The van der Waals surface area contributed by atoms with E-state index in [1.807, 2.05) is 20.8 Å². The molecule has 1 fully saturated rings. The van der Waals surface area contributed by atoms with Crippen LogP contribution in [0.2, 0.25) is 0 Å². The number of carbonyl (C=O) groups excluding carboxylic acids is 1. The number of carbonyl (C=O) groups is 2. The molecule has 5 heteroatoms. The summed E-state index contributed by atoms with van der Waals surface area (Å²) in [7, 11) is 1.80. The highest BCUT2D eigenvalue weighted by atomic mass is 16.4. The van der Waals surface area contributed by atoms with Crippen molar-refractivity contribution in [2.75, 3.05) is 13.6 Å². The fourth-order valence-corrected chi connectivity index (χ4v) is 2.83. The van der Waals surface area contributed by atoms with Gasteiger partial charge in [0, 0.05) is 18.6 Å². The molecule has 0 heterocycles. The van der Waals surface area contributed by atoms with Crippen molar-refractivity contribution in [2.24, 2.45) is 5.92 Å². The van der Waals surface area contributed by atoms with E-state index in [9.17, 15) is 9.59 Å². The summed E-state index contributed by atoms with van der Waals surface area (Å²) >= 11 is 0. The van der Waals surface area contributed by atoms with Crippen LogP contribution in [-0.2, 0) is 4.79 Å². The van der Waals surface area contributed by atoms with E-state index in [4.69, 9.17) is 5.11 Å². The molecular weight excluding hydrogens is 256 g/mol. The summed E-state index contributed by atoms with van der Waals surface area (Å²) in [5.74, 6) is -0.342. The van der Waals surface area contributed by atoms with Gasteiger partial charge in [0.1, 0.15) is 6.54 Å². The first-order valence-electron chi connectivity index (χ1n) is 7.39. The van der Waals surface area contributed by atoms with Crippen LogP contribution in [0.15, 0.2) is 0 Å². The molecule has 5 nitrogen and oxygen atoms in total. The van der Waals surface area contributed by atoms with Crippen molar-refractivity contribution in [3.8, 4) is 0 Å². The van der Waals surface area contributed by atoms with Crippen LogP contribution in [0.1, 0.15) is 53.4 Å². The van der Waals surface area contributed by atoms with Crippen LogP contribution in [-0.4, -0.2) is 52.1 Å². The van der Waals surface area contributed by atoms with Gasteiger partial charge in [-0.1, -0.05) is 19.8 Å². The third-order valence-electron chi connectivity index (χ3n) is 4.09. The number of aliphatic carboxylic acids is 1. The highest BCUT2D eigenvalue weighted by molar-refractivity contribution is 5.81. The number of amides is 2. The molecule has 0 spiro atoms. The summed E-state index contributed by atoms with van der Waals surface area (Å²) in [6.45, 7) is 7.56. The van der Waals surface area contributed by atoms with Gasteiger partial charge >= 0.3 is 12.0 Å². The zero-order chi connectivity index (χ0) is 15.5. The van der Waals surface area contributed by atoms with Crippen LogP contribution in [0.5, 0.6) is 0 Å². The summed E-state index contributed by atoms with van der Waals surface area (Å²) < 4.78 is 0. The van der Waals surface area contributed by atoms with Gasteiger partial charge in [-0.3, -0.25) is 4.79 Å². The first-order chi connectivity index (χ1) is 9.12. The molecule has 0 bridgehead atoms. The Hall–Kier alpha value is -1.26. The zero-order valence-corrected chi connectivity index (χ0v) is 13.3. The van der Waals surface area contributed by atoms with Crippen LogP contribution < -0.4 is 0 Å². The lowest BCUT2D eigenvalue weighted by Crippen LogP contribution is -2.55. The Kier molecular flexibility index (Phi) is 5.42. The molecule has 1 saturated carbocycles. The quantitative estimate of drug-likeness (QED) is 0.867. The predicted octanol–water partition coefficient (Wildman–Crippen LogP) is 2.80. The number of hydrogen-bond donors (Lipinski definition) is 1. The van der Waals surface area contributed by atoms with Crippen molar-refractivity contribution in [3.05, 3.63) is 0 Å². The second-order valence-electron chi connectivity index (χ2n) is 6.97. The number of urea groups is 1. The molecule has 0 radical (unpaired) electrons. The molecule has 0 aromatic heterocycles. The Labute approximate surface area is 121 Å². The minimum absolute atomic E-state index is 0.181. The first-order valence-corrected chi connectivity index (χ1v) is 7.39. The van der Waals surface area contributed by atoms with Crippen molar-refractivity contribution in [3.63, 3.8) is 0 Å². The van der Waals surface area contributed by atoms with Crippen molar-refractivity contribution < 1.29 is 14.7 Å². The van der Waals surface area contributed by atoms with Crippen LogP contribution in [0.3, 0.4) is 0 Å². The van der Waals surface area contributed by atoms with E-state index in [0.717, 1.165) is 19.3 Å². The average molecular weight is 284 g/mol. The lowest BCUT2D eigenvalue weighted by molar-refractivity contribution is -0.138. The molecule has 2 amide bonds. The van der Waals surface area contributed by atoms with Crippen LogP contribution in [0, 0.1) is 5.92 Å². The van der Waals surface area contributed by atoms with Gasteiger partial charge in [-0.05, 0) is 39.5 Å². The van der Waals surface area contributed by atoms with E-state index in [1.54, 1.807) is 11.9 Å². The lowest BCUT2D eigenvalue weighted by Gasteiger charge is -2.41. The SMILES string of the molecule is CC1CCCC(N(C)C(=O)N(CC(=O)O)C(C)(C)C)C1. The van der Waals surface area contributed by atoms with Crippen molar-refractivity contribution in [1.29, 1.82) is 0 Å². The molecular formula is C15H28N2O3. The average Bonchev–Trinajstić information content (AvgIpc) is 2.32. The lowest BCUT2D eigenvalue weighted by atomic mass is 9.86. The molecule has 1 aliphatic carbocycles. The van der Waals surface area contributed by atoms with Crippen LogP contribution in [0.25, 0.3) is 0 Å². The maximum absolute atomic E-state index is 12.6. The Morgan fingerprint density at radius 3 is 2.30 bits per heavy atom. The summed E-state index contributed by atoms with van der Waals surface area (Å²) in [5, 5.41) is 9.02. The Balaban J connectivity index is 2.80. The molecule has 0 saturated heterocycles. The summed E-state index contributed by atoms with van der Waals surface area (Å²) in [6.07, 6.45) is 4.37. The monoisotopic (exact) mass is 284 g/mol. The van der Waals surface area contributed by atoms with E-state index in [-0.39, 0.29) is 18.6 Å². The molecule has 20 heavy (non-hydrogen) atoms. The smallest absolute Gasteiger partial charge is 0.323 e. The largest absolute Gasteiger partial charge is 0.480 e. The third-order valence-corrected chi connectivity index (χ3v) is 4.09. The molecule has 0 aliphatic heterocycles. The van der Waals surface area contributed by atoms with Gasteiger partial charge in [-0.15, -0.1) is 0 Å². The Bertz CT molecular complexity index is 363. The van der Waals surface area contributed by atoms with E-state index >= 15 is 0 Å². The van der Waals surface area contributed by atoms with Crippen LogP contribution in [0.4, 0.5) is 4.79 Å². The molecule has 1 N–H and O–H groups in total. The molecule has 2 atom stereocenters. The predicted molar refractivity (Wildman–Crippen MR) is 78.7 cm³/mol.